The molecule has 1 N–H and O–H groups in total. The highest BCUT2D eigenvalue weighted by atomic mass is 16.5. The molecule has 1 aliphatic heterocycles. The fraction of sp³-hybridized carbons (Fsp3) is 0.286. The van der Waals surface area contributed by atoms with Gasteiger partial charge in [0.25, 0.3) is 11.5 Å². The molecule has 4 rings (SSSR count). The second-order valence-electron chi connectivity index (χ2n) is 6.89. The molecule has 2 aromatic carbocycles. The summed E-state index contributed by atoms with van der Waals surface area (Å²) in [5.74, 6) is -0.110. The highest BCUT2D eigenvalue weighted by Gasteiger charge is 2.22. The van der Waals surface area contributed by atoms with Gasteiger partial charge in [0, 0.05) is 25.8 Å². The smallest absolute Gasteiger partial charge is 0.328 e. The van der Waals surface area contributed by atoms with E-state index in [1.54, 1.807) is 23.1 Å². The zero-order chi connectivity index (χ0) is 19.7. The number of amides is 1. The Kier molecular flexibility index (Phi) is 4.83. The quantitative estimate of drug-likeness (QED) is 0.745. The molecule has 144 valence electrons. The van der Waals surface area contributed by atoms with Gasteiger partial charge in [0.15, 0.2) is 0 Å². The molecule has 0 fully saturated rings. The van der Waals surface area contributed by atoms with Gasteiger partial charge in [0.1, 0.15) is 0 Å². The maximum atomic E-state index is 13.0. The predicted molar refractivity (Wildman–Crippen MR) is 106 cm³/mol. The lowest BCUT2D eigenvalue weighted by molar-refractivity contribution is 0.0735. The van der Waals surface area contributed by atoms with Crippen molar-refractivity contribution in [3.63, 3.8) is 0 Å². The van der Waals surface area contributed by atoms with Gasteiger partial charge in [-0.1, -0.05) is 24.3 Å². The molecule has 3 aromatic rings. The first-order valence-electron chi connectivity index (χ1n) is 9.20. The number of carbonyl (C=O) groups is 1. The van der Waals surface area contributed by atoms with Crippen molar-refractivity contribution in [2.75, 3.05) is 20.3 Å². The number of hydrogen-bond acceptors (Lipinski definition) is 4. The van der Waals surface area contributed by atoms with Gasteiger partial charge < -0.3 is 14.6 Å². The van der Waals surface area contributed by atoms with Gasteiger partial charge in [0.2, 0.25) is 0 Å². The van der Waals surface area contributed by atoms with Crippen LogP contribution in [-0.2, 0) is 24.2 Å². The van der Waals surface area contributed by atoms with Crippen molar-refractivity contribution in [2.45, 2.75) is 19.5 Å². The van der Waals surface area contributed by atoms with Crippen LogP contribution in [-0.4, -0.2) is 40.6 Å². The molecule has 2 heterocycles. The molecule has 7 nitrogen and oxygen atoms in total. The zero-order valence-electron chi connectivity index (χ0n) is 15.6. The molecule has 1 amide bonds. The lowest BCUT2D eigenvalue weighted by Gasteiger charge is -2.29. The first-order valence-corrected chi connectivity index (χ1v) is 9.20. The van der Waals surface area contributed by atoms with Gasteiger partial charge in [-0.15, -0.1) is 0 Å². The van der Waals surface area contributed by atoms with E-state index in [2.05, 4.69) is 11.1 Å². The van der Waals surface area contributed by atoms with Crippen molar-refractivity contribution in [1.29, 1.82) is 0 Å². The van der Waals surface area contributed by atoms with E-state index in [0.717, 1.165) is 16.6 Å². The van der Waals surface area contributed by atoms with Crippen LogP contribution < -0.4 is 11.2 Å². The van der Waals surface area contributed by atoms with Gasteiger partial charge in [0.05, 0.1) is 24.1 Å². The summed E-state index contributed by atoms with van der Waals surface area (Å²) in [6.45, 7) is 1.64. The predicted octanol–water partition coefficient (Wildman–Crippen LogP) is 1.53. The zero-order valence-corrected chi connectivity index (χ0v) is 15.6. The van der Waals surface area contributed by atoms with E-state index < -0.39 is 5.69 Å². The monoisotopic (exact) mass is 379 g/mol. The van der Waals surface area contributed by atoms with Crippen molar-refractivity contribution in [2.24, 2.45) is 0 Å². The molecule has 0 atom stereocenters. The number of fused-ring (bicyclic) bond motifs is 2. The average molecular weight is 379 g/mol. The minimum Gasteiger partial charge on any atom is -0.383 e. The number of benzene rings is 2. The van der Waals surface area contributed by atoms with Gasteiger partial charge >= 0.3 is 5.69 Å². The maximum Gasteiger partial charge on any atom is 0.328 e. The molecule has 0 radical (unpaired) electrons. The normalized spacial score (nSPS) is 13.5. The Morgan fingerprint density at radius 1 is 1.14 bits per heavy atom. The van der Waals surface area contributed by atoms with Crippen molar-refractivity contribution < 1.29 is 9.53 Å². The number of nitrogens with zero attached hydrogens (tertiary/aromatic N) is 2. The van der Waals surface area contributed by atoms with Gasteiger partial charge in [-0.05, 0) is 35.7 Å². The Balaban J connectivity index is 1.66. The Morgan fingerprint density at radius 3 is 2.71 bits per heavy atom. The molecule has 0 unspecified atom stereocenters. The molecule has 0 saturated carbocycles. The van der Waals surface area contributed by atoms with E-state index in [4.69, 9.17) is 4.74 Å². The third kappa shape index (κ3) is 3.25. The SMILES string of the molecule is COCCn1c(=O)[nH]c2cc(C(=O)N3CCc4ccccc4C3)ccc2c1=O. The molecule has 0 spiro atoms. The van der Waals surface area contributed by atoms with Crippen LogP contribution in [0.25, 0.3) is 10.9 Å². The Bertz CT molecular complexity index is 1160. The second-order valence-corrected chi connectivity index (χ2v) is 6.89. The number of hydrogen-bond donors (Lipinski definition) is 1. The molecule has 1 aromatic heterocycles. The summed E-state index contributed by atoms with van der Waals surface area (Å²) in [6, 6.07) is 12.9. The third-order valence-electron chi connectivity index (χ3n) is 5.17. The van der Waals surface area contributed by atoms with E-state index in [9.17, 15) is 14.4 Å². The van der Waals surface area contributed by atoms with Crippen molar-refractivity contribution in [3.8, 4) is 0 Å². The van der Waals surface area contributed by atoms with Crippen molar-refractivity contribution in [3.05, 3.63) is 80.0 Å². The van der Waals surface area contributed by atoms with Crippen LogP contribution in [0, 0.1) is 0 Å². The minimum absolute atomic E-state index is 0.110. The molecule has 0 saturated heterocycles. The van der Waals surface area contributed by atoms with Crippen molar-refractivity contribution >= 4 is 16.8 Å². The number of rotatable bonds is 4. The first kappa shape index (κ1) is 18.2. The summed E-state index contributed by atoms with van der Waals surface area (Å²) >= 11 is 0. The largest absolute Gasteiger partial charge is 0.383 e. The van der Waals surface area contributed by atoms with E-state index in [1.165, 1.54) is 12.7 Å². The highest BCUT2D eigenvalue weighted by Crippen LogP contribution is 2.21. The van der Waals surface area contributed by atoms with Crippen LogP contribution in [0.15, 0.2) is 52.1 Å². The van der Waals surface area contributed by atoms with Gasteiger partial charge in [-0.25, -0.2) is 4.79 Å². The second kappa shape index (κ2) is 7.44. The number of methoxy groups -OCH3 is 1. The van der Waals surface area contributed by atoms with Crippen LogP contribution in [0.5, 0.6) is 0 Å². The number of carbonyl (C=O) groups excluding carboxylic acids is 1. The fourth-order valence-corrected chi connectivity index (χ4v) is 3.62. The van der Waals surface area contributed by atoms with E-state index in [0.29, 0.717) is 29.6 Å². The summed E-state index contributed by atoms with van der Waals surface area (Å²) in [6.07, 6.45) is 0.816. The summed E-state index contributed by atoms with van der Waals surface area (Å²) in [5, 5.41) is 0.372. The van der Waals surface area contributed by atoms with Crippen LogP contribution in [0.4, 0.5) is 0 Å². The van der Waals surface area contributed by atoms with Crippen LogP contribution in [0.1, 0.15) is 21.5 Å². The average Bonchev–Trinajstić information content (AvgIpc) is 2.72. The summed E-state index contributed by atoms with van der Waals surface area (Å²) in [4.78, 5) is 42.3. The third-order valence-corrected chi connectivity index (χ3v) is 5.17. The molecule has 1 aliphatic rings. The molecule has 7 heteroatoms. The lowest BCUT2D eigenvalue weighted by Crippen LogP contribution is -2.37. The Hall–Kier alpha value is -3.19. The number of H-pyrrole nitrogens is 1. The molecular weight excluding hydrogens is 358 g/mol. The van der Waals surface area contributed by atoms with Crippen molar-refractivity contribution in [1.82, 2.24) is 14.5 Å². The Morgan fingerprint density at radius 2 is 1.93 bits per heavy atom. The molecule has 0 aliphatic carbocycles. The number of ether oxygens (including phenoxy) is 1. The first-order chi connectivity index (χ1) is 13.6. The summed E-state index contributed by atoms with van der Waals surface area (Å²) < 4.78 is 6.05. The number of aromatic amines is 1. The summed E-state index contributed by atoms with van der Waals surface area (Å²) in [5.41, 5.74) is 2.35. The Labute approximate surface area is 161 Å². The van der Waals surface area contributed by atoms with E-state index in [-0.39, 0.29) is 24.6 Å². The minimum atomic E-state index is -0.508. The molecular formula is C21H21N3O4. The van der Waals surface area contributed by atoms with Gasteiger partial charge in [-0.2, -0.15) is 0 Å². The van der Waals surface area contributed by atoms with Crippen LogP contribution >= 0.6 is 0 Å². The lowest BCUT2D eigenvalue weighted by atomic mass is 9.99. The number of aromatic nitrogens is 2. The molecule has 28 heavy (non-hydrogen) atoms. The van der Waals surface area contributed by atoms with E-state index in [1.807, 2.05) is 18.2 Å². The molecule has 0 bridgehead atoms. The highest BCUT2D eigenvalue weighted by molar-refractivity contribution is 5.97. The number of nitrogens with one attached hydrogen (secondary N) is 1. The van der Waals surface area contributed by atoms with Crippen LogP contribution in [0.3, 0.4) is 0 Å². The van der Waals surface area contributed by atoms with Gasteiger partial charge in [-0.3, -0.25) is 14.2 Å². The fourth-order valence-electron chi connectivity index (χ4n) is 3.62. The maximum absolute atomic E-state index is 13.0. The summed E-state index contributed by atoms with van der Waals surface area (Å²) in [7, 11) is 1.51. The standard InChI is InChI=1S/C21H21N3O4/c1-28-11-10-24-20(26)17-7-6-15(12-18(17)22-21(24)27)19(25)23-9-8-14-4-2-3-5-16(14)13-23/h2-7,12H,8-11,13H2,1H3,(H,22,27). The van der Waals surface area contributed by atoms with Crippen LogP contribution in [0.2, 0.25) is 0 Å². The van der Waals surface area contributed by atoms with E-state index >= 15 is 0 Å². The topological polar surface area (TPSA) is 84.4 Å².